The molecule has 0 unspecified atom stereocenters. The SMILES string of the molecule is O=C(O)COc1ccc(/C=C2/SC(=O)N(Cc3cccc4ccccc34)C2=O)cc1I. The molecule has 0 spiro atoms. The van der Waals surface area contributed by atoms with E-state index >= 15 is 0 Å². The van der Waals surface area contributed by atoms with Crippen molar-refractivity contribution in [3.63, 3.8) is 0 Å². The first-order chi connectivity index (χ1) is 14.9. The Kier molecular flexibility index (Phi) is 6.28. The Labute approximate surface area is 196 Å². The van der Waals surface area contributed by atoms with Crippen molar-refractivity contribution in [3.8, 4) is 5.75 Å². The van der Waals surface area contributed by atoms with E-state index in [4.69, 9.17) is 9.84 Å². The van der Waals surface area contributed by atoms with E-state index in [0.29, 0.717) is 14.2 Å². The number of fused-ring (bicyclic) bond motifs is 1. The van der Waals surface area contributed by atoms with Crippen LogP contribution in [0.2, 0.25) is 0 Å². The number of thioether (sulfide) groups is 1. The molecule has 3 aromatic rings. The summed E-state index contributed by atoms with van der Waals surface area (Å²) in [5.74, 6) is -0.937. The second-order valence-corrected chi connectivity index (χ2v) is 8.93. The van der Waals surface area contributed by atoms with Crippen molar-refractivity contribution < 1.29 is 24.2 Å². The standard InChI is InChI=1S/C23H16INO5S/c24-18-10-14(8-9-19(18)30-13-21(26)27)11-20-22(28)25(23(29)31-20)12-16-6-3-5-15-4-1-2-7-17(15)16/h1-11H,12-13H2,(H,26,27)/b20-11+. The average molecular weight is 545 g/mol. The van der Waals surface area contributed by atoms with Crippen molar-refractivity contribution in [1.82, 2.24) is 4.90 Å². The maximum atomic E-state index is 12.9. The molecule has 0 bridgehead atoms. The Morgan fingerprint density at radius 1 is 1.10 bits per heavy atom. The summed E-state index contributed by atoms with van der Waals surface area (Å²) in [5.41, 5.74) is 1.64. The number of hydrogen-bond acceptors (Lipinski definition) is 5. The average Bonchev–Trinajstić information content (AvgIpc) is 3.00. The Hall–Kier alpha value is -2.85. The van der Waals surface area contributed by atoms with Gasteiger partial charge in [-0.05, 0) is 74.5 Å². The van der Waals surface area contributed by atoms with Crippen LogP contribution in [0.3, 0.4) is 0 Å². The zero-order valence-electron chi connectivity index (χ0n) is 16.1. The lowest BCUT2D eigenvalue weighted by Crippen LogP contribution is -2.27. The number of aliphatic carboxylic acids is 1. The van der Waals surface area contributed by atoms with Crippen LogP contribution >= 0.6 is 34.4 Å². The molecule has 0 aliphatic carbocycles. The molecule has 0 radical (unpaired) electrons. The van der Waals surface area contributed by atoms with Crippen LogP contribution in [0.4, 0.5) is 4.79 Å². The number of halogens is 1. The molecule has 0 saturated carbocycles. The molecule has 6 nitrogen and oxygen atoms in total. The van der Waals surface area contributed by atoms with Gasteiger partial charge >= 0.3 is 5.97 Å². The highest BCUT2D eigenvalue weighted by molar-refractivity contribution is 14.1. The minimum Gasteiger partial charge on any atom is -0.481 e. The number of amides is 2. The fourth-order valence-electron chi connectivity index (χ4n) is 3.25. The van der Waals surface area contributed by atoms with Crippen LogP contribution in [0.25, 0.3) is 16.8 Å². The number of rotatable bonds is 6. The molecule has 0 aromatic heterocycles. The Bertz CT molecular complexity index is 1230. The lowest BCUT2D eigenvalue weighted by molar-refractivity contribution is -0.139. The van der Waals surface area contributed by atoms with Gasteiger partial charge in [-0.25, -0.2) is 4.79 Å². The van der Waals surface area contributed by atoms with Gasteiger partial charge in [0, 0.05) is 0 Å². The number of carbonyl (C=O) groups is 3. The lowest BCUT2D eigenvalue weighted by atomic mass is 10.0. The summed E-state index contributed by atoms with van der Waals surface area (Å²) in [6.45, 7) is -0.217. The summed E-state index contributed by atoms with van der Waals surface area (Å²) in [6.07, 6.45) is 1.66. The minimum atomic E-state index is -1.06. The van der Waals surface area contributed by atoms with Gasteiger partial charge in [-0.2, -0.15) is 0 Å². The summed E-state index contributed by atoms with van der Waals surface area (Å²) in [7, 11) is 0. The minimum absolute atomic E-state index is 0.211. The molecular weight excluding hydrogens is 529 g/mol. The number of carbonyl (C=O) groups excluding carboxylic acids is 2. The van der Waals surface area contributed by atoms with Gasteiger partial charge in [-0.1, -0.05) is 48.5 Å². The third kappa shape index (κ3) is 4.75. The van der Waals surface area contributed by atoms with Gasteiger partial charge in [0.25, 0.3) is 11.1 Å². The highest BCUT2D eigenvalue weighted by atomic mass is 127. The molecule has 31 heavy (non-hydrogen) atoms. The van der Waals surface area contributed by atoms with E-state index in [1.54, 1.807) is 24.3 Å². The largest absolute Gasteiger partial charge is 0.481 e. The molecule has 1 aliphatic rings. The van der Waals surface area contributed by atoms with E-state index in [2.05, 4.69) is 0 Å². The van der Waals surface area contributed by atoms with E-state index in [0.717, 1.165) is 33.7 Å². The maximum absolute atomic E-state index is 12.9. The summed E-state index contributed by atoms with van der Waals surface area (Å²) < 4.78 is 5.93. The number of benzene rings is 3. The third-order valence-electron chi connectivity index (χ3n) is 4.69. The topological polar surface area (TPSA) is 83.9 Å². The zero-order chi connectivity index (χ0) is 22.0. The molecule has 1 N–H and O–H groups in total. The van der Waals surface area contributed by atoms with Crippen molar-refractivity contribution in [1.29, 1.82) is 0 Å². The van der Waals surface area contributed by atoms with Crippen LogP contribution in [0.5, 0.6) is 5.75 Å². The normalized spacial score (nSPS) is 15.1. The van der Waals surface area contributed by atoms with Crippen LogP contribution in [-0.2, 0) is 16.1 Å². The Balaban J connectivity index is 1.55. The molecule has 156 valence electrons. The Morgan fingerprint density at radius 3 is 2.65 bits per heavy atom. The molecule has 1 heterocycles. The maximum Gasteiger partial charge on any atom is 0.341 e. The van der Waals surface area contributed by atoms with E-state index in [1.165, 1.54) is 4.90 Å². The number of hydrogen-bond donors (Lipinski definition) is 1. The van der Waals surface area contributed by atoms with Crippen molar-refractivity contribution in [2.75, 3.05) is 6.61 Å². The van der Waals surface area contributed by atoms with Gasteiger partial charge in [0.05, 0.1) is 15.0 Å². The van der Waals surface area contributed by atoms with Crippen LogP contribution in [-0.4, -0.2) is 33.7 Å². The van der Waals surface area contributed by atoms with E-state index in [9.17, 15) is 14.4 Å². The number of nitrogens with zero attached hydrogens (tertiary/aromatic N) is 1. The molecule has 2 amide bonds. The van der Waals surface area contributed by atoms with Crippen LogP contribution in [0.1, 0.15) is 11.1 Å². The monoisotopic (exact) mass is 545 g/mol. The molecule has 3 aromatic carbocycles. The quantitative estimate of drug-likeness (QED) is 0.341. The van der Waals surface area contributed by atoms with E-state index < -0.39 is 12.6 Å². The van der Waals surface area contributed by atoms with Gasteiger partial charge in [0.2, 0.25) is 0 Å². The van der Waals surface area contributed by atoms with Crippen molar-refractivity contribution >= 4 is 68.3 Å². The molecule has 1 aliphatic heterocycles. The van der Waals surface area contributed by atoms with Gasteiger partial charge in [-0.3, -0.25) is 14.5 Å². The molecule has 1 fully saturated rings. The van der Waals surface area contributed by atoms with Gasteiger partial charge in [0.15, 0.2) is 6.61 Å². The van der Waals surface area contributed by atoms with Gasteiger partial charge < -0.3 is 9.84 Å². The Morgan fingerprint density at radius 2 is 1.87 bits per heavy atom. The van der Waals surface area contributed by atoms with Gasteiger partial charge in [0.1, 0.15) is 5.75 Å². The molecule has 1 saturated heterocycles. The predicted octanol–water partition coefficient (Wildman–Crippen LogP) is 5.14. The van der Waals surface area contributed by atoms with Crippen LogP contribution < -0.4 is 4.74 Å². The van der Waals surface area contributed by atoms with E-state index in [-0.39, 0.29) is 17.7 Å². The highest BCUT2D eigenvalue weighted by Gasteiger charge is 2.35. The summed E-state index contributed by atoms with van der Waals surface area (Å²) in [6, 6.07) is 18.9. The van der Waals surface area contributed by atoms with E-state index in [1.807, 2.05) is 65.1 Å². The number of imide groups is 1. The second-order valence-electron chi connectivity index (χ2n) is 6.78. The summed E-state index contributed by atoms with van der Waals surface area (Å²) in [5, 5.41) is 10.5. The number of carboxylic acids is 1. The van der Waals surface area contributed by atoms with Crippen molar-refractivity contribution in [3.05, 3.63) is 80.3 Å². The smallest absolute Gasteiger partial charge is 0.341 e. The first kappa shape index (κ1) is 21.4. The molecular formula is C23H16INO5S. The summed E-state index contributed by atoms with van der Waals surface area (Å²) >= 11 is 2.95. The zero-order valence-corrected chi connectivity index (χ0v) is 19.1. The lowest BCUT2D eigenvalue weighted by Gasteiger charge is -2.14. The second kappa shape index (κ2) is 9.11. The van der Waals surface area contributed by atoms with Gasteiger partial charge in [-0.15, -0.1) is 0 Å². The first-order valence-electron chi connectivity index (χ1n) is 9.28. The summed E-state index contributed by atoms with van der Waals surface area (Å²) in [4.78, 5) is 37.7. The molecule has 0 atom stereocenters. The number of ether oxygens (including phenoxy) is 1. The van der Waals surface area contributed by atoms with Crippen molar-refractivity contribution in [2.24, 2.45) is 0 Å². The fourth-order valence-corrected chi connectivity index (χ4v) is 4.79. The van der Waals surface area contributed by atoms with Crippen molar-refractivity contribution in [2.45, 2.75) is 6.54 Å². The highest BCUT2D eigenvalue weighted by Crippen LogP contribution is 2.35. The third-order valence-corrected chi connectivity index (χ3v) is 6.44. The van der Waals surface area contributed by atoms with Crippen LogP contribution in [0, 0.1) is 3.57 Å². The van der Waals surface area contributed by atoms with Crippen LogP contribution in [0.15, 0.2) is 65.6 Å². The molecule has 4 rings (SSSR count). The predicted molar refractivity (Wildman–Crippen MR) is 128 cm³/mol. The first-order valence-corrected chi connectivity index (χ1v) is 11.2. The molecule has 8 heteroatoms. The number of carboxylic acid groups (broad SMARTS) is 1. The fraction of sp³-hybridized carbons (Fsp3) is 0.0870.